The zero-order valence-electron chi connectivity index (χ0n) is 20.6. The average Bonchev–Trinajstić information content (AvgIpc) is 2.69. The molecule has 0 saturated carbocycles. The normalized spacial score (nSPS) is 16.5. The van der Waals surface area contributed by atoms with Crippen molar-refractivity contribution in [2.24, 2.45) is 11.8 Å². The first-order chi connectivity index (χ1) is 13.9. The number of carbonyl (C=O) groups excluding carboxylic acids is 3. The van der Waals surface area contributed by atoms with Gasteiger partial charge in [0, 0.05) is 20.7 Å². The number of nitrogens with one attached hydrogen (secondary N) is 2. The van der Waals surface area contributed by atoms with Crippen LogP contribution >= 0.6 is 0 Å². The summed E-state index contributed by atoms with van der Waals surface area (Å²) in [7, 11) is 6.95. The van der Waals surface area contributed by atoms with Gasteiger partial charge < -0.3 is 20.3 Å². The molecular weight excluding hydrogens is 384 g/mol. The van der Waals surface area contributed by atoms with Crippen LogP contribution in [0.25, 0.3) is 0 Å². The van der Waals surface area contributed by atoms with Crippen molar-refractivity contribution in [3.05, 3.63) is 0 Å². The largest absolute Gasteiger partial charge is 0.379 e. The van der Waals surface area contributed by atoms with Gasteiger partial charge in [-0.05, 0) is 39.8 Å². The predicted octanol–water partition coefficient (Wildman–Crippen LogP) is 1.49. The maximum Gasteiger partial charge on any atom is 0.245 e. The van der Waals surface area contributed by atoms with Gasteiger partial charge in [-0.15, -0.1) is 0 Å². The van der Waals surface area contributed by atoms with Crippen LogP contribution in [0.2, 0.25) is 0 Å². The van der Waals surface area contributed by atoms with Gasteiger partial charge in [-0.3, -0.25) is 19.3 Å². The minimum atomic E-state index is -0.654. The van der Waals surface area contributed by atoms with Gasteiger partial charge in [-0.25, -0.2) is 0 Å². The molecule has 0 aliphatic heterocycles. The molecule has 0 radical (unpaired) electrons. The molecule has 5 atom stereocenters. The lowest BCUT2D eigenvalue weighted by atomic mass is 9.90. The Morgan fingerprint density at radius 3 is 1.97 bits per heavy atom. The standard InChI is InChI=1S/C22H44N4O4/c1-11-15(5)20(17(30-10)13-18(27)23-12-2)26(9)22(29)19(14(3)4)24-21(28)16(6)25(7)8/h14-17,19-20H,11-13H2,1-10H3,(H,23,27)(H,24,28)/t15-,16+,17+,19-,20-/m0/s1. The highest BCUT2D eigenvalue weighted by molar-refractivity contribution is 5.90. The molecule has 176 valence electrons. The van der Waals surface area contributed by atoms with Gasteiger partial charge in [0.1, 0.15) is 6.04 Å². The first-order valence-corrected chi connectivity index (χ1v) is 11.0. The minimum absolute atomic E-state index is 0.0831. The quantitative estimate of drug-likeness (QED) is 0.464. The Balaban J connectivity index is 5.70. The van der Waals surface area contributed by atoms with Crippen molar-refractivity contribution in [1.82, 2.24) is 20.4 Å². The molecule has 3 amide bonds. The monoisotopic (exact) mass is 428 g/mol. The van der Waals surface area contributed by atoms with E-state index in [1.165, 1.54) is 0 Å². The Bertz CT molecular complexity index is 553. The highest BCUT2D eigenvalue weighted by atomic mass is 16.5. The molecule has 0 aromatic heterocycles. The lowest BCUT2D eigenvalue weighted by molar-refractivity contribution is -0.144. The van der Waals surface area contributed by atoms with Crippen LogP contribution in [-0.4, -0.2) is 86.5 Å². The fourth-order valence-corrected chi connectivity index (χ4v) is 3.42. The Labute approximate surface area is 183 Å². The van der Waals surface area contributed by atoms with Crippen LogP contribution in [0.4, 0.5) is 0 Å². The smallest absolute Gasteiger partial charge is 0.245 e. The summed E-state index contributed by atoms with van der Waals surface area (Å²) in [5.41, 5.74) is 0. The molecule has 0 unspecified atom stereocenters. The third kappa shape index (κ3) is 8.22. The molecule has 0 fully saturated rings. The van der Waals surface area contributed by atoms with Crippen molar-refractivity contribution in [2.75, 3.05) is 34.8 Å². The van der Waals surface area contributed by atoms with Crippen molar-refractivity contribution in [3.8, 4) is 0 Å². The molecule has 0 aromatic carbocycles. The fourth-order valence-electron chi connectivity index (χ4n) is 3.42. The van der Waals surface area contributed by atoms with Gasteiger partial charge in [0.05, 0.1) is 24.6 Å². The SMILES string of the molecule is CCNC(=O)C[C@@H](OC)[C@H]([C@@H](C)CC)N(C)C(=O)[C@@H](NC(=O)[C@@H](C)N(C)C)C(C)C. The third-order valence-corrected chi connectivity index (χ3v) is 5.85. The van der Waals surface area contributed by atoms with E-state index in [0.29, 0.717) is 6.54 Å². The Kier molecular flexibility index (Phi) is 12.8. The summed E-state index contributed by atoms with van der Waals surface area (Å²) >= 11 is 0. The summed E-state index contributed by atoms with van der Waals surface area (Å²) in [4.78, 5) is 41.7. The summed E-state index contributed by atoms with van der Waals surface area (Å²) in [5.74, 6) is -0.437. The van der Waals surface area contributed by atoms with Crippen molar-refractivity contribution >= 4 is 17.7 Å². The first-order valence-electron chi connectivity index (χ1n) is 11.0. The summed E-state index contributed by atoms with van der Waals surface area (Å²) in [5, 5.41) is 5.71. The van der Waals surface area contributed by atoms with Gasteiger partial charge in [0.15, 0.2) is 0 Å². The lowest BCUT2D eigenvalue weighted by Crippen LogP contribution is -2.58. The van der Waals surface area contributed by atoms with Gasteiger partial charge in [0.2, 0.25) is 17.7 Å². The molecule has 8 nitrogen and oxygen atoms in total. The number of hydrogen-bond acceptors (Lipinski definition) is 5. The number of likely N-dealkylation sites (N-methyl/N-ethyl adjacent to an activating group) is 2. The van der Waals surface area contributed by atoms with E-state index in [2.05, 4.69) is 24.5 Å². The first kappa shape index (κ1) is 28.3. The second kappa shape index (κ2) is 13.6. The van der Waals surface area contributed by atoms with Crippen LogP contribution in [-0.2, 0) is 19.1 Å². The van der Waals surface area contributed by atoms with E-state index in [-0.39, 0.29) is 48.1 Å². The van der Waals surface area contributed by atoms with E-state index in [1.54, 1.807) is 30.9 Å². The van der Waals surface area contributed by atoms with Crippen molar-refractivity contribution < 1.29 is 19.1 Å². The average molecular weight is 429 g/mol. The Morgan fingerprint density at radius 2 is 1.57 bits per heavy atom. The Morgan fingerprint density at radius 1 is 1.00 bits per heavy atom. The van der Waals surface area contributed by atoms with Crippen LogP contribution in [0.1, 0.15) is 54.4 Å². The number of amides is 3. The number of methoxy groups -OCH3 is 1. The molecule has 30 heavy (non-hydrogen) atoms. The maximum atomic E-state index is 13.4. The highest BCUT2D eigenvalue weighted by Crippen LogP contribution is 2.23. The molecule has 2 N–H and O–H groups in total. The molecular formula is C22H44N4O4. The second-order valence-corrected chi connectivity index (χ2v) is 8.63. The van der Waals surface area contributed by atoms with Crippen LogP contribution in [0, 0.1) is 11.8 Å². The lowest BCUT2D eigenvalue weighted by Gasteiger charge is -2.40. The van der Waals surface area contributed by atoms with E-state index in [0.717, 1.165) is 6.42 Å². The van der Waals surface area contributed by atoms with E-state index >= 15 is 0 Å². The van der Waals surface area contributed by atoms with E-state index in [1.807, 2.05) is 34.9 Å². The molecule has 0 aliphatic rings. The highest BCUT2D eigenvalue weighted by Gasteiger charge is 2.37. The van der Waals surface area contributed by atoms with Gasteiger partial charge in [0.25, 0.3) is 0 Å². The maximum absolute atomic E-state index is 13.4. The van der Waals surface area contributed by atoms with Gasteiger partial charge >= 0.3 is 0 Å². The minimum Gasteiger partial charge on any atom is -0.379 e. The van der Waals surface area contributed by atoms with E-state index < -0.39 is 12.1 Å². The van der Waals surface area contributed by atoms with E-state index in [9.17, 15) is 14.4 Å². The van der Waals surface area contributed by atoms with Crippen LogP contribution < -0.4 is 10.6 Å². The molecule has 0 saturated heterocycles. The zero-order valence-corrected chi connectivity index (χ0v) is 20.6. The molecule has 8 heteroatoms. The number of hydrogen-bond donors (Lipinski definition) is 2. The van der Waals surface area contributed by atoms with Crippen molar-refractivity contribution in [3.63, 3.8) is 0 Å². The number of nitrogens with zero attached hydrogens (tertiary/aromatic N) is 2. The predicted molar refractivity (Wildman–Crippen MR) is 120 cm³/mol. The van der Waals surface area contributed by atoms with Crippen LogP contribution in [0.3, 0.4) is 0 Å². The van der Waals surface area contributed by atoms with Crippen LogP contribution in [0.5, 0.6) is 0 Å². The number of ether oxygens (including phenoxy) is 1. The zero-order chi connectivity index (χ0) is 23.6. The van der Waals surface area contributed by atoms with Crippen LogP contribution in [0.15, 0.2) is 0 Å². The second-order valence-electron chi connectivity index (χ2n) is 8.63. The number of carbonyl (C=O) groups is 3. The molecule has 0 bridgehead atoms. The van der Waals surface area contributed by atoms with Crippen molar-refractivity contribution in [2.45, 2.75) is 78.6 Å². The van der Waals surface area contributed by atoms with Gasteiger partial charge in [-0.2, -0.15) is 0 Å². The summed E-state index contributed by atoms with van der Waals surface area (Å²) in [6.45, 7) is 12.1. The molecule has 0 aliphatic carbocycles. The van der Waals surface area contributed by atoms with Crippen molar-refractivity contribution in [1.29, 1.82) is 0 Å². The topological polar surface area (TPSA) is 91.0 Å². The summed E-state index contributed by atoms with van der Waals surface area (Å²) in [6, 6.07) is -1.29. The third-order valence-electron chi connectivity index (χ3n) is 5.85. The molecule has 0 aromatic rings. The van der Waals surface area contributed by atoms with E-state index in [4.69, 9.17) is 4.74 Å². The number of rotatable bonds is 13. The molecule has 0 heterocycles. The molecule has 0 spiro atoms. The summed E-state index contributed by atoms with van der Waals surface area (Å²) in [6.07, 6.45) is 0.561. The fraction of sp³-hybridized carbons (Fsp3) is 0.864. The summed E-state index contributed by atoms with van der Waals surface area (Å²) < 4.78 is 5.67. The molecule has 0 rings (SSSR count). The Hall–Kier alpha value is -1.67. The van der Waals surface area contributed by atoms with Gasteiger partial charge in [-0.1, -0.05) is 34.1 Å².